The third-order valence-electron chi connectivity index (χ3n) is 4.58. The highest BCUT2D eigenvalue weighted by molar-refractivity contribution is 6.13. The van der Waals surface area contributed by atoms with Gasteiger partial charge in [0, 0.05) is 5.56 Å². The fourth-order valence-electron chi connectivity index (χ4n) is 3.10. The van der Waals surface area contributed by atoms with Gasteiger partial charge in [0.2, 0.25) is 0 Å². The molecule has 3 heteroatoms. The summed E-state index contributed by atoms with van der Waals surface area (Å²) in [5.41, 5.74) is 0.660. The van der Waals surface area contributed by atoms with Crippen LogP contribution >= 0.6 is 0 Å². The predicted molar refractivity (Wildman–Crippen MR) is 80.1 cm³/mol. The highest BCUT2D eigenvalue weighted by Gasteiger charge is 2.46. The molecule has 0 fully saturated rings. The van der Waals surface area contributed by atoms with Crippen molar-refractivity contribution in [3.05, 3.63) is 47.5 Å². The molecule has 0 amide bonds. The van der Waals surface area contributed by atoms with Crippen molar-refractivity contribution in [2.45, 2.75) is 45.1 Å². The van der Waals surface area contributed by atoms with Gasteiger partial charge in [0.05, 0.1) is 0 Å². The quantitative estimate of drug-likeness (QED) is 0.474. The maximum Gasteiger partial charge on any atom is 0.320 e. The van der Waals surface area contributed by atoms with E-state index in [1.807, 2.05) is 36.4 Å². The summed E-state index contributed by atoms with van der Waals surface area (Å²) in [7, 11) is 0. The monoisotopic (exact) mass is 284 g/mol. The number of carbonyl (C=O) groups is 2. The number of hydrogen-bond acceptors (Lipinski definition) is 3. The Kier molecular flexibility index (Phi) is 3.66. The molecule has 2 aliphatic carbocycles. The van der Waals surface area contributed by atoms with Gasteiger partial charge in [-0.2, -0.15) is 0 Å². The van der Waals surface area contributed by atoms with E-state index in [4.69, 9.17) is 4.74 Å². The van der Waals surface area contributed by atoms with E-state index in [0.29, 0.717) is 12.0 Å². The first-order valence-corrected chi connectivity index (χ1v) is 7.62. The lowest BCUT2D eigenvalue weighted by Gasteiger charge is -2.32. The third-order valence-corrected chi connectivity index (χ3v) is 4.58. The Morgan fingerprint density at radius 2 is 2.14 bits per heavy atom. The van der Waals surface area contributed by atoms with Crippen LogP contribution in [0.25, 0.3) is 0 Å². The molecule has 1 aromatic rings. The van der Waals surface area contributed by atoms with E-state index in [-0.39, 0.29) is 17.9 Å². The van der Waals surface area contributed by atoms with E-state index in [9.17, 15) is 9.59 Å². The summed E-state index contributed by atoms with van der Waals surface area (Å²) in [6.07, 6.45) is 8.00. The second kappa shape index (κ2) is 5.47. The van der Waals surface area contributed by atoms with Crippen LogP contribution in [-0.2, 0) is 16.0 Å². The van der Waals surface area contributed by atoms with Crippen molar-refractivity contribution in [3.8, 4) is 0 Å². The molecule has 0 heterocycles. The summed E-state index contributed by atoms with van der Waals surface area (Å²) in [5.74, 6) is -0.479. The van der Waals surface area contributed by atoms with Crippen LogP contribution in [-0.4, -0.2) is 17.9 Å². The number of Topliss-reactive ketones (excluding diaryl/α,β-unsaturated/α-hetero) is 1. The summed E-state index contributed by atoms with van der Waals surface area (Å²) in [6, 6.07) is 7.54. The van der Waals surface area contributed by atoms with Gasteiger partial charge in [-0.05, 0) is 50.7 Å². The highest BCUT2D eigenvalue weighted by atomic mass is 16.5. The molecule has 110 valence electrons. The van der Waals surface area contributed by atoms with Crippen LogP contribution in [0.1, 0.15) is 48.5 Å². The molecule has 0 spiro atoms. The first kappa shape index (κ1) is 14.1. The largest absolute Gasteiger partial charge is 0.457 e. The van der Waals surface area contributed by atoms with Crippen molar-refractivity contribution in [2.24, 2.45) is 5.41 Å². The normalized spacial score (nSPS) is 28.0. The topological polar surface area (TPSA) is 43.4 Å². The molecule has 2 atom stereocenters. The smallest absolute Gasteiger partial charge is 0.320 e. The molecule has 0 bridgehead atoms. The second-order valence-electron chi connectivity index (χ2n) is 6.12. The van der Waals surface area contributed by atoms with E-state index in [2.05, 4.69) is 0 Å². The van der Waals surface area contributed by atoms with E-state index in [1.165, 1.54) is 0 Å². The molecule has 0 aromatic heterocycles. The molecule has 0 saturated carbocycles. The highest BCUT2D eigenvalue weighted by Crippen LogP contribution is 2.37. The molecule has 0 aliphatic heterocycles. The Morgan fingerprint density at radius 3 is 2.90 bits per heavy atom. The van der Waals surface area contributed by atoms with Crippen LogP contribution in [0.15, 0.2) is 36.4 Å². The summed E-state index contributed by atoms with van der Waals surface area (Å²) in [5, 5.41) is 0. The Labute approximate surface area is 125 Å². The van der Waals surface area contributed by atoms with Crippen LogP contribution in [0.5, 0.6) is 0 Å². The lowest BCUT2D eigenvalue weighted by Crippen LogP contribution is -2.42. The van der Waals surface area contributed by atoms with Gasteiger partial charge < -0.3 is 4.74 Å². The van der Waals surface area contributed by atoms with Crippen molar-refractivity contribution in [2.75, 3.05) is 0 Å². The zero-order valence-corrected chi connectivity index (χ0v) is 12.3. The number of fused-ring (bicyclic) bond motifs is 1. The van der Waals surface area contributed by atoms with Crippen molar-refractivity contribution in [3.63, 3.8) is 0 Å². The molecule has 21 heavy (non-hydrogen) atoms. The predicted octanol–water partition coefficient (Wildman–Crippen LogP) is 3.47. The molecule has 0 N–H and O–H groups in total. The molecule has 1 aromatic carbocycles. The zero-order valence-electron chi connectivity index (χ0n) is 12.3. The van der Waals surface area contributed by atoms with Gasteiger partial charge >= 0.3 is 5.97 Å². The number of aryl methyl sites for hydroxylation is 1. The fourth-order valence-corrected chi connectivity index (χ4v) is 3.10. The summed E-state index contributed by atoms with van der Waals surface area (Å²) in [6.45, 7) is 1.72. The second-order valence-corrected chi connectivity index (χ2v) is 6.12. The third kappa shape index (κ3) is 2.53. The van der Waals surface area contributed by atoms with Gasteiger partial charge in [-0.1, -0.05) is 30.3 Å². The number of benzene rings is 1. The van der Waals surface area contributed by atoms with Gasteiger partial charge in [-0.25, -0.2) is 0 Å². The van der Waals surface area contributed by atoms with Crippen LogP contribution < -0.4 is 0 Å². The maximum atomic E-state index is 12.7. The van der Waals surface area contributed by atoms with Crippen molar-refractivity contribution in [1.29, 1.82) is 0 Å². The number of ether oxygens (including phenoxy) is 1. The SMILES string of the molecule is CC1(C(=O)OC2C=CCCC2)CCc2ccccc2C1=O. The van der Waals surface area contributed by atoms with Gasteiger partial charge in [0.25, 0.3) is 0 Å². The first-order chi connectivity index (χ1) is 10.1. The van der Waals surface area contributed by atoms with Crippen LogP contribution in [0.2, 0.25) is 0 Å². The minimum absolute atomic E-state index is 0.103. The van der Waals surface area contributed by atoms with Crippen molar-refractivity contribution < 1.29 is 14.3 Å². The van der Waals surface area contributed by atoms with Gasteiger partial charge in [0.15, 0.2) is 5.78 Å². The number of allylic oxidation sites excluding steroid dienone is 1. The molecular weight excluding hydrogens is 264 g/mol. The number of ketones is 1. The van der Waals surface area contributed by atoms with Crippen LogP contribution in [0.4, 0.5) is 0 Å². The first-order valence-electron chi connectivity index (χ1n) is 7.62. The molecular formula is C18H20O3. The lowest BCUT2D eigenvalue weighted by molar-refractivity contribution is -0.156. The lowest BCUT2D eigenvalue weighted by atomic mass is 9.72. The molecule has 3 nitrogen and oxygen atoms in total. The number of carbonyl (C=O) groups excluding carboxylic acids is 2. The molecule has 3 rings (SSSR count). The molecule has 0 saturated heterocycles. The number of rotatable bonds is 2. The van der Waals surface area contributed by atoms with E-state index in [0.717, 1.165) is 31.2 Å². The van der Waals surface area contributed by atoms with E-state index >= 15 is 0 Å². The standard InChI is InChI=1S/C18H20O3/c1-18(17(20)21-14-8-3-2-4-9-14)12-11-13-7-5-6-10-15(13)16(18)19/h3,5-8,10,14H,2,4,9,11-12H2,1H3. The molecule has 2 aliphatic rings. The molecule has 2 unspecified atom stereocenters. The minimum Gasteiger partial charge on any atom is -0.457 e. The summed E-state index contributed by atoms with van der Waals surface area (Å²) in [4.78, 5) is 25.2. The van der Waals surface area contributed by atoms with E-state index in [1.54, 1.807) is 6.92 Å². The van der Waals surface area contributed by atoms with Gasteiger partial charge in [-0.3, -0.25) is 9.59 Å². The van der Waals surface area contributed by atoms with Gasteiger partial charge in [-0.15, -0.1) is 0 Å². The van der Waals surface area contributed by atoms with Crippen molar-refractivity contribution >= 4 is 11.8 Å². The average Bonchev–Trinajstić information content (AvgIpc) is 2.52. The summed E-state index contributed by atoms with van der Waals surface area (Å²) < 4.78 is 5.57. The Balaban J connectivity index is 1.81. The zero-order chi connectivity index (χ0) is 14.9. The van der Waals surface area contributed by atoms with E-state index < -0.39 is 5.41 Å². The van der Waals surface area contributed by atoms with Crippen LogP contribution in [0.3, 0.4) is 0 Å². The van der Waals surface area contributed by atoms with Crippen molar-refractivity contribution in [1.82, 2.24) is 0 Å². The Morgan fingerprint density at radius 1 is 1.33 bits per heavy atom. The Hall–Kier alpha value is -1.90. The van der Waals surface area contributed by atoms with Crippen LogP contribution in [0, 0.1) is 5.41 Å². The fraction of sp³-hybridized carbons (Fsp3) is 0.444. The number of esters is 1. The average molecular weight is 284 g/mol. The Bertz CT molecular complexity index is 602. The molecule has 0 radical (unpaired) electrons. The minimum atomic E-state index is -1.04. The number of hydrogen-bond donors (Lipinski definition) is 0. The summed E-state index contributed by atoms with van der Waals surface area (Å²) >= 11 is 0. The maximum absolute atomic E-state index is 12.7. The van der Waals surface area contributed by atoms with Gasteiger partial charge in [0.1, 0.15) is 11.5 Å².